The molecule has 1 heterocycles. The maximum absolute atomic E-state index is 11.9. The van der Waals surface area contributed by atoms with Crippen LogP contribution in [-0.2, 0) is 4.74 Å². The lowest BCUT2D eigenvalue weighted by molar-refractivity contribution is -0.988. The van der Waals surface area contributed by atoms with E-state index in [1.165, 1.54) is 4.90 Å². The number of halogens is 1. The maximum Gasteiger partial charge on any atom is 0.412 e. The molecule has 0 saturated carbocycles. The summed E-state index contributed by atoms with van der Waals surface area (Å²) in [6.45, 7) is 7.79. The second kappa shape index (κ2) is 8.24. The number of aryl methyl sites for hydroxylation is 1. The molecule has 0 aromatic heterocycles. The lowest BCUT2D eigenvalue weighted by Crippen LogP contribution is -3.28. The van der Waals surface area contributed by atoms with Crippen molar-refractivity contribution < 1.29 is 26.8 Å². The maximum atomic E-state index is 11.9. The first-order valence-corrected chi connectivity index (χ1v) is 7.90. The lowest BCUT2D eigenvalue weighted by Gasteiger charge is -2.44. The molecule has 0 unspecified atom stereocenters. The number of hydrogen-bond donors (Lipinski definition) is 2. The van der Waals surface area contributed by atoms with Crippen molar-refractivity contribution in [1.29, 1.82) is 0 Å². The van der Waals surface area contributed by atoms with Gasteiger partial charge in [-0.2, -0.15) is 0 Å². The zero-order valence-electron chi connectivity index (χ0n) is 14.0. The highest BCUT2D eigenvalue weighted by molar-refractivity contribution is 5.84. The van der Waals surface area contributed by atoms with Crippen molar-refractivity contribution in [2.24, 2.45) is 0 Å². The van der Waals surface area contributed by atoms with Crippen molar-refractivity contribution in [3.63, 3.8) is 0 Å². The Morgan fingerprint density at radius 1 is 1.43 bits per heavy atom. The van der Waals surface area contributed by atoms with Crippen LogP contribution in [0, 0.1) is 19.3 Å². The van der Waals surface area contributed by atoms with Gasteiger partial charge >= 0.3 is 6.09 Å². The number of terminal acetylenes is 1. The first-order valence-electron chi connectivity index (χ1n) is 7.90. The van der Waals surface area contributed by atoms with Gasteiger partial charge in [0.15, 0.2) is 5.54 Å². The predicted molar refractivity (Wildman–Crippen MR) is 87.9 cm³/mol. The molecule has 0 bridgehead atoms. The number of benzene rings is 1. The molecule has 1 aliphatic rings. The second-order valence-electron chi connectivity index (χ2n) is 5.97. The van der Waals surface area contributed by atoms with Crippen LogP contribution < -0.4 is 22.6 Å². The Morgan fingerprint density at radius 3 is 2.61 bits per heavy atom. The Bertz CT molecular complexity index is 573. The Labute approximate surface area is 145 Å². The minimum Gasteiger partial charge on any atom is -1.00 e. The third-order valence-corrected chi connectivity index (χ3v) is 4.65. The van der Waals surface area contributed by atoms with E-state index in [9.17, 15) is 4.79 Å². The van der Waals surface area contributed by atoms with E-state index in [2.05, 4.69) is 25.1 Å². The largest absolute Gasteiger partial charge is 1.00 e. The summed E-state index contributed by atoms with van der Waals surface area (Å²) in [7, 11) is 0. The number of nitrogens with one attached hydrogen (secondary N) is 2. The average molecular weight is 337 g/mol. The van der Waals surface area contributed by atoms with E-state index < -0.39 is 6.09 Å². The van der Waals surface area contributed by atoms with Gasteiger partial charge in [0.2, 0.25) is 6.10 Å². The molecule has 126 valence electrons. The minimum absolute atomic E-state index is 0. The van der Waals surface area contributed by atoms with Gasteiger partial charge in [-0.25, -0.2) is 4.79 Å². The van der Waals surface area contributed by atoms with Gasteiger partial charge in [-0.3, -0.25) is 5.32 Å². The summed E-state index contributed by atoms with van der Waals surface area (Å²) in [5.74, 6) is 2.94. The van der Waals surface area contributed by atoms with Crippen molar-refractivity contribution in [2.45, 2.75) is 45.3 Å². The van der Waals surface area contributed by atoms with E-state index in [0.717, 1.165) is 37.2 Å². The number of rotatable bonds is 5. The van der Waals surface area contributed by atoms with Crippen molar-refractivity contribution in [3.8, 4) is 12.3 Å². The van der Waals surface area contributed by atoms with E-state index in [4.69, 9.17) is 11.2 Å². The zero-order chi connectivity index (χ0) is 16.2. The van der Waals surface area contributed by atoms with Crippen LogP contribution in [0.4, 0.5) is 10.5 Å². The van der Waals surface area contributed by atoms with E-state index in [-0.39, 0.29) is 24.0 Å². The minimum atomic E-state index is -0.394. The molecular weight excluding hydrogens is 312 g/mol. The standard InChI is InChI=1S/C18H24N2O2.ClH/c1-5-18(6-2,7-3)20-12-16(13-20)22-17(21)19-15-10-8-9-14(4)11-15;/h1,8-11,16H,6-7,12-13H2,2-4H3,(H,19,21);1H. The Kier molecular flexibility index (Phi) is 6.93. The molecule has 2 rings (SSSR count). The highest BCUT2D eigenvalue weighted by Gasteiger charge is 2.46. The number of carbonyl (C=O) groups is 1. The summed E-state index contributed by atoms with van der Waals surface area (Å²) < 4.78 is 5.45. The smallest absolute Gasteiger partial charge is 0.412 e. The predicted octanol–water partition coefficient (Wildman–Crippen LogP) is -0.993. The fraction of sp³-hybridized carbons (Fsp3) is 0.500. The quantitative estimate of drug-likeness (QED) is 0.678. The molecule has 1 aromatic rings. The summed E-state index contributed by atoms with van der Waals surface area (Å²) >= 11 is 0. The molecule has 1 saturated heterocycles. The number of likely N-dealkylation sites (tertiary alicyclic amines) is 1. The van der Waals surface area contributed by atoms with Crippen LogP contribution in [0.3, 0.4) is 0 Å². The van der Waals surface area contributed by atoms with Gasteiger partial charge in [0.25, 0.3) is 0 Å². The van der Waals surface area contributed by atoms with E-state index in [0.29, 0.717) is 0 Å². The third-order valence-electron chi connectivity index (χ3n) is 4.65. The van der Waals surface area contributed by atoms with E-state index in [1.54, 1.807) is 0 Å². The van der Waals surface area contributed by atoms with Crippen LogP contribution in [0.2, 0.25) is 0 Å². The third kappa shape index (κ3) is 4.40. The monoisotopic (exact) mass is 336 g/mol. The topological polar surface area (TPSA) is 42.8 Å². The van der Waals surface area contributed by atoms with Gasteiger partial charge in [0, 0.05) is 18.5 Å². The zero-order valence-corrected chi connectivity index (χ0v) is 14.7. The number of ether oxygens (including phenoxy) is 1. The molecule has 2 N–H and O–H groups in total. The highest BCUT2D eigenvalue weighted by atomic mass is 35.5. The molecule has 0 aliphatic carbocycles. The molecule has 1 aromatic carbocycles. The van der Waals surface area contributed by atoms with Gasteiger partial charge in [-0.15, -0.1) is 6.42 Å². The van der Waals surface area contributed by atoms with Gasteiger partial charge in [-0.05, 0) is 30.5 Å². The first kappa shape index (κ1) is 19.3. The highest BCUT2D eigenvalue weighted by Crippen LogP contribution is 2.14. The van der Waals surface area contributed by atoms with Gasteiger partial charge in [-0.1, -0.05) is 26.0 Å². The number of carbonyl (C=O) groups excluding carboxylic acids is 1. The molecule has 1 fully saturated rings. The van der Waals surface area contributed by atoms with Gasteiger partial charge in [0.1, 0.15) is 13.1 Å². The van der Waals surface area contributed by atoms with Crippen molar-refractivity contribution in [3.05, 3.63) is 29.8 Å². The van der Waals surface area contributed by atoms with Crippen LogP contribution in [0.5, 0.6) is 0 Å². The van der Waals surface area contributed by atoms with Crippen LogP contribution >= 0.6 is 0 Å². The van der Waals surface area contributed by atoms with Crippen LogP contribution in [0.1, 0.15) is 32.3 Å². The Hall–Kier alpha value is -1.70. The molecule has 4 nitrogen and oxygen atoms in total. The molecule has 23 heavy (non-hydrogen) atoms. The molecule has 0 spiro atoms. The normalized spacial score (nSPS) is 19.7. The van der Waals surface area contributed by atoms with Gasteiger partial charge < -0.3 is 22.0 Å². The SMILES string of the molecule is C#CC(CC)(CC)[NH+]1CC(OC(=O)Nc2cccc(C)c2)C1.[Cl-]. The number of amides is 1. The van der Waals surface area contributed by atoms with E-state index >= 15 is 0 Å². The van der Waals surface area contributed by atoms with Crippen molar-refractivity contribution in [1.82, 2.24) is 0 Å². The Morgan fingerprint density at radius 2 is 2.09 bits per heavy atom. The second-order valence-corrected chi connectivity index (χ2v) is 5.97. The number of quaternary nitrogens is 1. The lowest BCUT2D eigenvalue weighted by atomic mass is 9.88. The summed E-state index contributed by atoms with van der Waals surface area (Å²) in [5, 5.41) is 2.77. The van der Waals surface area contributed by atoms with E-state index in [1.807, 2.05) is 31.2 Å². The van der Waals surface area contributed by atoms with Crippen molar-refractivity contribution in [2.75, 3.05) is 18.4 Å². The number of anilines is 1. The summed E-state index contributed by atoms with van der Waals surface area (Å²) in [6, 6.07) is 7.66. The van der Waals surface area contributed by atoms with Crippen LogP contribution in [0.25, 0.3) is 0 Å². The van der Waals surface area contributed by atoms with Crippen LogP contribution in [0.15, 0.2) is 24.3 Å². The molecule has 0 radical (unpaired) electrons. The first-order chi connectivity index (χ1) is 10.5. The van der Waals surface area contributed by atoms with Crippen LogP contribution in [-0.4, -0.2) is 30.8 Å². The summed E-state index contributed by atoms with van der Waals surface area (Å²) in [4.78, 5) is 13.3. The average Bonchev–Trinajstić information content (AvgIpc) is 2.46. The van der Waals surface area contributed by atoms with Crippen molar-refractivity contribution >= 4 is 11.8 Å². The molecule has 1 aliphatic heterocycles. The fourth-order valence-corrected chi connectivity index (χ4v) is 3.04. The Balaban J connectivity index is 0.00000264. The summed E-state index contributed by atoms with van der Waals surface area (Å²) in [5.41, 5.74) is 1.74. The molecular formula is C18H25ClN2O2. The fourth-order valence-electron chi connectivity index (χ4n) is 3.04. The molecule has 5 heteroatoms. The summed E-state index contributed by atoms with van der Waals surface area (Å²) in [6.07, 6.45) is 7.15. The molecule has 1 amide bonds. The number of hydrogen-bond acceptors (Lipinski definition) is 2. The van der Waals surface area contributed by atoms with Gasteiger partial charge in [0.05, 0.1) is 0 Å². The molecule has 0 atom stereocenters.